The number of benzene rings is 3. The third kappa shape index (κ3) is 4.79. The Morgan fingerprint density at radius 2 is 1.69 bits per heavy atom. The van der Waals surface area contributed by atoms with Crippen molar-refractivity contribution in [3.05, 3.63) is 95.1 Å². The highest BCUT2D eigenvalue weighted by Gasteiger charge is 2.47. The molecule has 1 N–H and O–H groups in total. The van der Waals surface area contributed by atoms with Crippen molar-refractivity contribution in [2.45, 2.75) is 32.9 Å². The lowest BCUT2D eigenvalue weighted by Crippen LogP contribution is -2.29. The number of aliphatic hydroxyl groups excluding tert-OH is 1. The minimum Gasteiger partial charge on any atom is -0.507 e. The first kappa shape index (κ1) is 24.9. The normalized spacial score (nSPS) is 17.1. The van der Waals surface area contributed by atoms with E-state index in [2.05, 4.69) is 0 Å². The fraction of sp³-hybridized carbons (Fsp3) is 0.214. The summed E-state index contributed by atoms with van der Waals surface area (Å²) in [6.45, 7) is 5.96. The van der Waals surface area contributed by atoms with Crippen molar-refractivity contribution in [1.29, 1.82) is 0 Å². The van der Waals surface area contributed by atoms with E-state index in [1.165, 1.54) is 6.07 Å². The highest BCUT2D eigenvalue weighted by molar-refractivity contribution is 6.51. The number of hydrogen-bond acceptors (Lipinski definition) is 5. The number of ether oxygens (including phenoxy) is 2. The molecule has 1 atom stereocenters. The van der Waals surface area contributed by atoms with Gasteiger partial charge in [-0.15, -0.1) is 0 Å². The van der Waals surface area contributed by atoms with Gasteiger partial charge >= 0.3 is 0 Å². The van der Waals surface area contributed by atoms with Gasteiger partial charge in [0.2, 0.25) is 0 Å². The molecular formula is C28H25F2NO5. The number of carbonyl (C=O) groups is 2. The fourth-order valence-corrected chi connectivity index (χ4v) is 4.11. The minimum absolute atomic E-state index is 0.0254. The Kier molecular flexibility index (Phi) is 7.05. The van der Waals surface area contributed by atoms with Gasteiger partial charge in [-0.05, 0) is 74.9 Å². The van der Waals surface area contributed by atoms with Crippen LogP contribution < -0.4 is 14.4 Å². The van der Waals surface area contributed by atoms with E-state index in [4.69, 9.17) is 9.47 Å². The maximum Gasteiger partial charge on any atom is 0.300 e. The molecule has 1 aliphatic heterocycles. The Labute approximate surface area is 207 Å². The number of ketones is 1. The van der Waals surface area contributed by atoms with Crippen molar-refractivity contribution in [3.8, 4) is 11.5 Å². The largest absolute Gasteiger partial charge is 0.507 e. The highest BCUT2D eigenvalue weighted by atomic mass is 19.2. The Morgan fingerprint density at radius 3 is 2.33 bits per heavy atom. The van der Waals surface area contributed by atoms with Crippen LogP contribution in [0.1, 0.15) is 37.9 Å². The number of hydrogen-bond donors (Lipinski definition) is 1. The third-order valence-electron chi connectivity index (χ3n) is 5.61. The highest BCUT2D eigenvalue weighted by Crippen LogP contribution is 2.43. The van der Waals surface area contributed by atoms with Gasteiger partial charge in [0.15, 0.2) is 11.6 Å². The van der Waals surface area contributed by atoms with E-state index in [-0.39, 0.29) is 17.4 Å². The van der Waals surface area contributed by atoms with Gasteiger partial charge in [0.05, 0.1) is 24.3 Å². The minimum atomic E-state index is -1.17. The molecule has 186 valence electrons. The maximum atomic E-state index is 14.1. The molecule has 1 amide bonds. The van der Waals surface area contributed by atoms with E-state index in [0.717, 1.165) is 17.0 Å². The lowest BCUT2D eigenvalue weighted by molar-refractivity contribution is -0.132. The second-order valence-corrected chi connectivity index (χ2v) is 8.46. The topological polar surface area (TPSA) is 76.1 Å². The van der Waals surface area contributed by atoms with Crippen molar-refractivity contribution in [1.82, 2.24) is 0 Å². The molecule has 0 bridgehead atoms. The molecule has 0 aromatic heterocycles. The van der Waals surface area contributed by atoms with Crippen LogP contribution in [0, 0.1) is 11.6 Å². The summed E-state index contributed by atoms with van der Waals surface area (Å²) in [5.41, 5.74) is 0.532. The van der Waals surface area contributed by atoms with Crippen LogP contribution >= 0.6 is 0 Å². The monoisotopic (exact) mass is 493 g/mol. The number of carbonyl (C=O) groups excluding carboxylic acids is 2. The molecule has 8 heteroatoms. The Balaban J connectivity index is 1.88. The molecule has 1 heterocycles. The van der Waals surface area contributed by atoms with Crippen LogP contribution in [-0.2, 0) is 9.59 Å². The summed E-state index contributed by atoms with van der Waals surface area (Å²) >= 11 is 0. The Bertz CT molecular complexity index is 1330. The first-order valence-electron chi connectivity index (χ1n) is 11.5. The van der Waals surface area contributed by atoms with Crippen molar-refractivity contribution >= 4 is 23.1 Å². The maximum absolute atomic E-state index is 14.1. The predicted octanol–water partition coefficient (Wildman–Crippen LogP) is 5.78. The van der Waals surface area contributed by atoms with Crippen LogP contribution in [0.2, 0.25) is 0 Å². The predicted molar refractivity (Wildman–Crippen MR) is 131 cm³/mol. The molecule has 3 aromatic carbocycles. The summed E-state index contributed by atoms with van der Waals surface area (Å²) in [6.07, 6.45) is -0.0523. The molecule has 0 saturated carbocycles. The number of anilines is 1. The van der Waals surface area contributed by atoms with Crippen molar-refractivity contribution in [2.24, 2.45) is 0 Å². The van der Waals surface area contributed by atoms with Crippen molar-refractivity contribution < 1.29 is 33.0 Å². The summed E-state index contributed by atoms with van der Waals surface area (Å²) in [5, 5.41) is 11.2. The second-order valence-electron chi connectivity index (χ2n) is 8.46. The Hall–Kier alpha value is -4.20. The average molecular weight is 494 g/mol. The summed E-state index contributed by atoms with van der Waals surface area (Å²) in [7, 11) is 0. The number of aliphatic hydroxyl groups is 1. The number of rotatable bonds is 7. The molecular weight excluding hydrogens is 468 g/mol. The van der Waals surface area contributed by atoms with Crippen LogP contribution in [0.4, 0.5) is 14.5 Å². The molecule has 36 heavy (non-hydrogen) atoms. The zero-order chi connectivity index (χ0) is 26.0. The number of Topliss-reactive ketones (excluding diaryl/α,β-unsaturated/α-hetero) is 1. The molecule has 0 spiro atoms. The standard InChI is InChI=1S/C28H25F2NO5/c1-4-35-21-7-5-6-18(14-21)25-24(26(32)17-8-11-20(12-9-17)36-16(2)3)27(33)28(34)31(25)19-10-13-22(29)23(30)15-19/h5-16,25,32H,4H2,1-3H3/b26-24+. The van der Waals surface area contributed by atoms with E-state index in [1.807, 2.05) is 20.8 Å². The first-order chi connectivity index (χ1) is 17.2. The van der Waals surface area contributed by atoms with Crippen LogP contribution in [0.25, 0.3) is 5.76 Å². The summed E-state index contributed by atoms with van der Waals surface area (Å²) in [6, 6.07) is 15.0. The van der Waals surface area contributed by atoms with Crippen molar-refractivity contribution in [2.75, 3.05) is 11.5 Å². The summed E-state index contributed by atoms with van der Waals surface area (Å²) in [4.78, 5) is 27.5. The molecule has 4 rings (SSSR count). The van der Waals surface area contributed by atoms with Gasteiger partial charge in [-0.2, -0.15) is 0 Å². The molecule has 0 radical (unpaired) electrons. The third-order valence-corrected chi connectivity index (χ3v) is 5.61. The van der Waals surface area contributed by atoms with E-state index < -0.39 is 35.1 Å². The number of halogens is 2. The lowest BCUT2D eigenvalue weighted by Gasteiger charge is -2.26. The molecule has 0 aliphatic carbocycles. The second kappa shape index (κ2) is 10.2. The van der Waals surface area contributed by atoms with Crippen LogP contribution in [0.5, 0.6) is 11.5 Å². The van der Waals surface area contributed by atoms with Gasteiger partial charge in [0, 0.05) is 17.3 Å². The zero-order valence-corrected chi connectivity index (χ0v) is 20.0. The molecule has 1 aliphatic rings. The van der Waals surface area contributed by atoms with Crippen LogP contribution in [0.15, 0.2) is 72.3 Å². The van der Waals surface area contributed by atoms with Gasteiger partial charge in [0.25, 0.3) is 11.7 Å². The molecule has 1 fully saturated rings. The van der Waals surface area contributed by atoms with Crippen molar-refractivity contribution in [3.63, 3.8) is 0 Å². The van der Waals surface area contributed by atoms with Gasteiger partial charge in [0.1, 0.15) is 17.3 Å². The molecule has 1 unspecified atom stereocenters. The molecule has 1 saturated heterocycles. The van der Waals surface area contributed by atoms with Gasteiger partial charge < -0.3 is 14.6 Å². The van der Waals surface area contributed by atoms with Gasteiger partial charge in [-0.3, -0.25) is 14.5 Å². The lowest BCUT2D eigenvalue weighted by atomic mass is 9.95. The first-order valence-corrected chi connectivity index (χ1v) is 11.5. The Morgan fingerprint density at radius 1 is 0.972 bits per heavy atom. The van der Waals surface area contributed by atoms with E-state index in [9.17, 15) is 23.5 Å². The number of nitrogens with zero attached hydrogens (tertiary/aromatic N) is 1. The summed E-state index contributed by atoms with van der Waals surface area (Å²) in [5.74, 6) is -3.53. The van der Waals surface area contributed by atoms with Gasteiger partial charge in [-0.1, -0.05) is 12.1 Å². The molecule has 6 nitrogen and oxygen atoms in total. The quantitative estimate of drug-likeness (QED) is 0.257. The fourth-order valence-electron chi connectivity index (χ4n) is 4.11. The van der Waals surface area contributed by atoms with Gasteiger partial charge in [-0.25, -0.2) is 8.78 Å². The molecule has 3 aromatic rings. The van der Waals surface area contributed by atoms with E-state index in [0.29, 0.717) is 29.2 Å². The smallest absolute Gasteiger partial charge is 0.300 e. The SMILES string of the molecule is CCOc1cccc(C2/C(=C(\O)c3ccc(OC(C)C)cc3)C(=O)C(=O)N2c2ccc(F)c(F)c2)c1. The summed E-state index contributed by atoms with van der Waals surface area (Å²) < 4.78 is 38.9. The van der Waals surface area contributed by atoms with Crippen LogP contribution in [-0.4, -0.2) is 29.5 Å². The van der Waals surface area contributed by atoms with Crippen LogP contribution in [0.3, 0.4) is 0 Å². The van der Waals surface area contributed by atoms with E-state index >= 15 is 0 Å². The average Bonchev–Trinajstić information content (AvgIpc) is 3.11. The zero-order valence-electron chi connectivity index (χ0n) is 20.0. The number of amides is 1. The van der Waals surface area contributed by atoms with E-state index in [1.54, 1.807) is 48.5 Å².